The molecule has 1 aliphatic rings. The third-order valence-corrected chi connectivity index (χ3v) is 5.35. The Morgan fingerprint density at radius 2 is 2.10 bits per heavy atom. The molecule has 2 aromatic heterocycles. The van der Waals surface area contributed by atoms with Crippen LogP contribution in [-0.2, 0) is 0 Å². The molecule has 3 heterocycles. The Balaban J connectivity index is 2.05. The lowest BCUT2D eigenvalue weighted by atomic mass is 10.1. The average molecular weight is 413 g/mol. The van der Waals surface area contributed by atoms with Gasteiger partial charge in [-0.05, 0) is 13.8 Å². The Hall–Kier alpha value is -2.89. The molecular weight excluding hydrogens is 391 g/mol. The number of hydrogen-bond donors (Lipinski definition) is 3. The number of nitrogens with zero attached hydrogens (tertiary/aromatic N) is 4. The van der Waals surface area contributed by atoms with Gasteiger partial charge >= 0.3 is 12.1 Å². The van der Waals surface area contributed by atoms with Crippen molar-refractivity contribution in [1.82, 2.24) is 30.0 Å². The number of nitrogens with one attached hydrogen (secondary N) is 3. The van der Waals surface area contributed by atoms with Crippen molar-refractivity contribution in [1.29, 1.82) is 0 Å². The minimum atomic E-state index is -4.53. The molecule has 0 aliphatic carbocycles. The molecule has 12 heteroatoms. The van der Waals surface area contributed by atoms with Gasteiger partial charge in [0.25, 0.3) is 0 Å². The smallest absolute Gasteiger partial charge is 0.441 e. The van der Waals surface area contributed by atoms with Gasteiger partial charge in [-0.25, -0.2) is 4.48 Å². The molecule has 2 unspecified atom stereocenters. The molecule has 4 atom stereocenters. The highest BCUT2D eigenvalue weighted by Crippen LogP contribution is 2.39. The van der Waals surface area contributed by atoms with Crippen molar-refractivity contribution in [3.8, 4) is 0 Å². The average Bonchev–Trinajstić information content (AvgIpc) is 3.21. The van der Waals surface area contributed by atoms with Crippen LogP contribution in [0.4, 0.5) is 35.5 Å². The maximum Gasteiger partial charge on any atom is 0.441 e. The van der Waals surface area contributed by atoms with E-state index in [2.05, 4.69) is 30.8 Å². The first-order chi connectivity index (χ1) is 13.5. The Labute approximate surface area is 164 Å². The van der Waals surface area contributed by atoms with Gasteiger partial charge in [-0.1, -0.05) is 6.92 Å². The second-order valence-electron chi connectivity index (χ2n) is 7.42. The number of H-pyrrole nitrogens is 1. The zero-order chi connectivity index (χ0) is 21.4. The molecule has 0 bridgehead atoms. The van der Waals surface area contributed by atoms with Crippen molar-refractivity contribution in [2.45, 2.75) is 39.0 Å². The lowest BCUT2D eigenvalue weighted by molar-refractivity contribution is -0.251. The van der Waals surface area contributed by atoms with Crippen LogP contribution < -0.4 is 20.2 Å². The Morgan fingerprint density at radius 3 is 2.69 bits per heavy atom. The number of quaternary nitrogens is 1. The molecule has 1 amide bonds. The van der Waals surface area contributed by atoms with Gasteiger partial charge in [-0.2, -0.15) is 28.2 Å². The molecular formula is C17H22F3N7O2. The molecule has 158 valence electrons. The number of carboxylic acid groups (broad SMARTS) is 1. The Morgan fingerprint density at radius 1 is 1.38 bits per heavy atom. The number of aromatic amines is 1. The number of likely N-dealkylation sites (tertiary alicyclic amines) is 1. The van der Waals surface area contributed by atoms with E-state index in [1.54, 1.807) is 26.0 Å². The predicted molar refractivity (Wildman–Crippen MR) is 97.2 cm³/mol. The zero-order valence-electron chi connectivity index (χ0n) is 16.1. The lowest BCUT2D eigenvalue weighted by Crippen LogP contribution is -2.62. The fourth-order valence-electron chi connectivity index (χ4n) is 3.80. The first-order valence-electron chi connectivity index (χ1n) is 9.05. The van der Waals surface area contributed by atoms with E-state index in [0.29, 0.717) is 17.3 Å². The third kappa shape index (κ3) is 4.26. The SMILES string of the molecule is Cc1cc(Nc2ccn[nH]2)nc([N+]2(C(C)C(F)(F)F)C[C@@H](C)[C@@H](NC(=O)[O-])C2)n1. The maximum absolute atomic E-state index is 13.8. The van der Waals surface area contributed by atoms with Crippen LogP contribution in [0.1, 0.15) is 19.5 Å². The molecule has 0 spiro atoms. The number of amides is 1. The zero-order valence-corrected chi connectivity index (χ0v) is 16.1. The van der Waals surface area contributed by atoms with E-state index in [-0.39, 0.29) is 25.0 Å². The summed E-state index contributed by atoms with van der Waals surface area (Å²) in [6.45, 7) is 4.32. The summed E-state index contributed by atoms with van der Waals surface area (Å²) in [6, 6.07) is 0.714. The van der Waals surface area contributed by atoms with Gasteiger partial charge in [0.1, 0.15) is 24.3 Å². The van der Waals surface area contributed by atoms with E-state index in [0.717, 1.165) is 6.92 Å². The van der Waals surface area contributed by atoms with Crippen molar-refractivity contribution in [2.24, 2.45) is 5.92 Å². The number of aryl methyl sites for hydroxylation is 1. The minimum Gasteiger partial charge on any atom is -0.530 e. The van der Waals surface area contributed by atoms with E-state index >= 15 is 0 Å². The van der Waals surface area contributed by atoms with Gasteiger partial charge < -0.3 is 20.5 Å². The highest BCUT2D eigenvalue weighted by atomic mass is 19.4. The summed E-state index contributed by atoms with van der Waals surface area (Å²) in [7, 11) is 0. The van der Waals surface area contributed by atoms with Crippen molar-refractivity contribution in [3.05, 3.63) is 24.0 Å². The number of anilines is 2. The molecule has 3 rings (SSSR count). The fourth-order valence-corrected chi connectivity index (χ4v) is 3.80. The van der Waals surface area contributed by atoms with Crippen LogP contribution in [0.2, 0.25) is 0 Å². The Kier molecular flexibility index (Phi) is 5.39. The quantitative estimate of drug-likeness (QED) is 0.639. The van der Waals surface area contributed by atoms with Crippen LogP contribution in [0, 0.1) is 12.8 Å². The minimum absolute atomic E-state index is 0.0219. The molecule has 1 fully saturated rings. The number of aromatic nitrogens is 4. The van der Waals surface area contributed by atoms with Gasteiger partial charge in [-0.3, -0.25) is 5.10 Å². The van der Waals surface area contributed by atoms with Crippen molar-refractivity contribution in [2.75, 3.05) is 18.4 Å². The summed E-state index contributed by atoms with van der Waals surface area (Å²) in [5, 5.41) is 22.7. The lowest BCUT2D eigenvalue weighted by Gasteiger charge is -2.38. The molecule has 1 saturated heterocycles. The summed E-state index contributed by atoms with van der Waals surface area (Å²) in [4.78, 5) is 19.7. The van der Waals surface area contributed by atoms with E-state index < -0.39 is 28.8 Å². The van der Waals surface area contributed by atoms with Crippen LogP contribution in [0.5, 0.6) is 0 Å². The molecule has 0 radical (unpaired) electrons. The van der Waals surface area contributed by atoms with Crippen molar-refractivity contribution in [3.63, 3.8) is 0 Å². The predicted octanol–water partition coefficient (Wildman–Crippen LogP) is 1.46. The number of rotatable bonds is 5. The standard InChI is InChI=1S/C17H22F3N7O2/c1-9-7-27(11(3)17(18,19)20,8-12(9)23-16(28)29)15-22-10(2)6-14(25-15)24-13-4-5-21-26-13/h4-6,9,11-12,23H,7-8H2,1-3H3,(H2-,21,22,24,25,26,28,29)/t9-,11?,12+,27?/m1/s1. The van der Waals surface area contributed by atoms with E-state index in [1.807, 2.05) is 0 Å². The second-order valence-corrected chi connectivity index (χ2v) is 7.42. The molecule has 0 aromatic carbocycles. The summed E-state index contributed by atoms with van der Waals surface area (Å²) in [5.74, 6) is 0.445. The Bertz CT molecular complexity index is 874. The van der Waals surface area contributed by atoms with Gasteiger partial charge in [0.05, 0.1) is 18.8 Å². The second kappa shape index (κ2) is 7.50. The number of carbonyl (C=O) groups excluding carboxylic acids is 1. The van der Waals surface area contributed by atoms with Gasteiger partial charge in [0.15, 0.2) is 6.04 Å². The first kappa shape index (κ1) is 20.8. The van der Waals surface area contributed by atoms with E-state index in [9.17, 15) is 23.1 Å². The summed E-state index contributed by atoms with van der Waals surface area (Å²) >= 11 is 0. The number of hydrogen-bond acceptors (Lipinski definition) is 6. The summed E-state index contributed by atoms with van der Waals surface area (Å²) in [6.07, 6.45) is -4.52. The molecule has 1 aliphatic heterocycles. The molecule has 29 heavy (non-hydrogen) atoms. The van der Waals surface area contributed by atoms with Crippen LogP contribution in [-0.4, -0.2) is 57.6 Å². The summed E-state index contributed by atoms with van der Waals surface area (Å²) < 4.78 is 40.8. The van der Waals surface area contributed by atoms with E-state index in [1.165, 1.54) is 6.20 Å². The number of carbonyl (C=O) groups is 1. The molecule has 3 N–H and O–H groups in total. The fraction of sp³-hybridized carbons (Fsp3) is 0.529. The van der Waals surface area contributed by atoms with Crippen LogP contribution >= 0.6 is 0 Å². The molecule has 9 nitrogen and oxygen atoms in total. The number of alkyl halides is 3. The third-order valence-electron chi connectivity index (χ3n) is 5.35. The first-order valence-corrected chi connectivity index (χ1v) is 9.05. The van der Waals surface area contributed by atoms with Crippen molar-refractivity contribution < 1.29 is 23.1 Å². The van der Waals surface area contributed by atoms with Crippen LogP contribution in [0.15, 0.2) is 18.3 Å². The highest BCUT2D eigenvalue weighted by Gasteiger charge is 2.59. The van der Waals surface area contributed by atoms with Gasteiger partial charge in [-0.15, -0.1) is 0 Å². The normalized spacial score (nSPS) is 25.6. The largest absolute Gasteiger partial charge is 0.530 e. The molecule has 2 aromatic rings. The monoisotopic (exact) mass is 413 g/mol. The van der Waals surface area contributed by atoms with Gasteiger partial charge in [0, 0.05) is 23.7 Å². The van der Waals surface area contributed by atoms with Gasteiger partial charge in [0.2, 0.25) is 0 Å². The topological polar surface area (TPSA) is 119 Å². The highest BCUT2D eigenvalue weighted by molar-refractivity contribution is 5.62. The van der Waals surface area contributed by atoms with E-state index in [4.69, 9.17) is 0 Å². The maximum atomic E-state index is 13.8. The molecule has 0 saturated carbocycles. The van der Waals surface area contributed by atoms with Crippen LogP contribution in [0.25, 0.3) is 0 Å². The van der Waals surface area contributed by atoms with Crippen LogP contribution in [0.3, 0.4) is 0 Å². The number of halogens is 3. The summed E-state index contributed by atoms with van der Waals surface area (Å²) in [5.41, 5.74) is 0.479. The van der Waals surface area contributed by atoms with Crippen molar-refractivity contribution >= 4 is 23.7 Å².